The zero-order valence-electron chi connectivity index (χ0n) is 8.38. The van der Waals surface area contributed by atoms with Crippen molar-refractivity contribution in [2.75, 3.05) is 13.1 Å². The molecule has 0 saturated heterocycles. The number of carbonyl (C=O) groups is 2. The zero-order chi connectivity index (χ0) is 11.3. The molecule has 3 amide bonds. The molecule has 15 heavy (non-hydrogen) atoms. The minimum atomic E-state index is -0.827. The second kappa shape index (κ2) is 4.64. The van der Waals surface area contributed by atoms with E-state index in [2.05, 4.69) is 10.6 Å². The first-order chi connectivity index (χ1) is 7.10. The van der Waals surface area contributed by atoms with Crippen LogP contribution in [0.2, 0.25) is 0 Å². The lowest BCUT2D eigenvalue weighted by Gasteiger charge is -2.33. The quantitative estimate of drug-likeness (QED) is 0.542. The molecule has 1 aliphatic rings. The summed E-state index contributed by atoms with van der Waals surface area (Å²) in [5.41, 5.74) is 4.02. The maximum Gasteiger partial charge on any atom is 0.312 e. The van der Waals surface area contributed by atoms with Gasteiger partial charge in [0.15, 0.2) is 0 Å². The molecule has 1 rings (SSSR count). The van der Waals surface area contributed by atoms with E-state index in [9.17, 15) is 9.59 Å². The van der Waals surface area contributed by atoms with Crippen LogP contribution in [0.15, 0.2) is 0 Å². The summed E-state index contributed by atoms with van der Waals surface area (Å²) in [7, 11) is 0. The second-order valence-electron chi connectivity index (χ2n) is 3.59. The van der Waals surface area contributed by atoms with Crippen molar-refractivity contribution in [3.8, 4) is 6.07 Å². The van der Waals surface area contributed by atoms with E-state index in [0.29, 0.717) is 19.4 Å². The summed E-state index contributed by atoms with van der Waals surface area (Å²) in [6, 6.07) is 1.42. The van der Waals surface area contributed by atoms with Gasteiger partial charge in [0, 0.05) is 13.1 Å². The average Bonchev–Trinajstić information content (AvgIpc) is 2.11. The van der Waals surface area contributed by atoms with Gasteiger partial charge in [0.2, 0.25) is 5.91 Å². The topological polar surface area (TPSA) is 108 Å². The van der Waals surface area contributed by atoms with Crippen LogP contribution < -0.4 is 16.4 Å². The largest absolute Gasteiger partial charge is 0.353 e. The molecule has 82 valence electrons. The van der Waals surface area contributed by atoms with Crippen LogP contribution in [-0.4, -0.2) is 25.0 Å². The third-order valence-electron chi connectivity index (χ3n) is 2.57. The molecule has 0 atom stereocenters. The molecule has 0 aromatic heterocycles. The zero-order valence-corrected chi connectivity index (χ0v) is 8.38. The standard InChI is InChI=1S/C9H14N4O2/c10-6-9(2-1-3-9)7(14)12-4-5-13-8(11)15/h1-5H2,(H,12,14)(H3,11,13,15). The van der Waals surface area contributed by atoms with Crippen LogP contribution in [0.5, 0.6) is 0 Å². The van der Waals surface area contributed by atoms with E-state index >= 15 is 0 Å². The lowest BCUT2D eigenvalue weighted by Crippen LogP contribution is -2.47. The Hall–Kier alpha value is -1.77. The number of carbonyl (C=O) groups excluding carboxylic acids is 2. The molecule has 1 aliphatic carbocycles. The van der Waals surface area contributed by atoms with Crippen LogP contribution in [-0.2, 0) is 4.79 Å². The first-order valence-electron chi connectivity index (χ1n) is 4.83. The lowest BCUT2D eigenvalue weighted by atomic mass is 9.69. The lowest BCUT2D eigenvalue weighted by molar-refractivity contribution is -0.131. The highest BCUT2D eigenvalue weighted by atomic mass is 16.2. The van der Waals surface area contributed by atoms with Gasteiger partial charge in [0.25, 0.3) is 0 Å². The van der Waals surface area contributed by atoms with E-state index in [1.807, 2.05) is 6.07 Å². The first kappa shape index (κ1) is 11.3. The van der Waals surface area contributed by atoms with Crippen molar-refractivity contribution in [2.24, 2.45) is 11.1 Å². The molecule has 0 aromatic rings. The summed E-state index contributed by atoms with van der Waals surface area (Å²) < 4.78 is 0. The molecule has 1 fully saturated rings. The van der Waals surface area contributed by atoms with Crippen LogP contribution in [0.4, 0.5) is 4.79 Å². The van der Waals surface area contributed by atoms with Gasteiger partial charge in [-0.05, 0) is 19.3 Å². The van der Waals surface area contributed by atoms with Gasteiger partial charge in [0.05, 0.1) is 6.07 Å². The van der Waals surface area contributed by atoms with E-state index in [0.717, 1.165) is 6.42 Å². The van der Waals surface area contributed by atoms with Crippen molar-refractivity contribution in [3.05, 3.63) is 0 Å². The number of nitriles is 1. The molecule has 0 spiro atoms. The summed E-state index contributed by atoms with van der Waals surface area (Å²) in [6.07, 6.45) is 2.16. The number of hydrogen-bond acceptors (Lipinski definition) is 3. The molecule has 0 aromatic carbocycles. The van der Waals surface area contributed by atoms with Crippen LogP contribution in [0.1, 0.15) is 19.3 Å². The maximum absolute atomic E-state index is 11.5. The Bertz CT molecular complexity index is 304. The molecule has 4 N–H and O–H groups in total. The van der Waals surface area contributed by atoms with Gasteiger partial charge in [0.1, 0.15) is 5.41 Å². The highest BCUT2D eigenvalue weighted by Crippen LogP contribution is 2.40. The smallest absolute Gasteiger partial charge is 0.312 e. The molecule has 1 saturated carbocycles. The fourth-order valence-electron chi connectivity index (χ4n) is 1.45. The van der Waals surface area contributed by atoms with Crippen LogP contribution in [0.25, 0.3) is 0 Å². The Kier molecular flexibility index (Phi) is 3.50. The summed E-state index contributed by atoms with van der Waals surface area (Å²) in [4.78, 5) is 21.9. The molecule has 0 aliphatic heterocycles. The van der Waals surface area contributed by atoms with Crippen molar-refractivity contribution < 1.29 is 9.59 Å². The molecule has 0 radical (unpaired) electrons. The van der Waals surface area contributed by atoms with Crippen molar-refractivity contribution in [1.82, 2.24) is 10.6 Å². The van der Waals surface area contributed by atoms with E-state index in [1.165, 1.54) is 0 Å². The predicted octanol–water partition coefficient (Wildman–Crippen LogP) is -0.535. The van der Waals surface area contributed by atoms with Gasteiger partial charge in [-0.2, -0.15) is 5.26 Å². The van der Waals surface area contributed by atoms with E-state index in [-0.39, 0.29) is 12.5 Å². The number of primary amides is 1. The van der Waals surface area contributed by atoms with Crippen molar-refractivity contribution in [1.29, 1.82) is 5.26 Å². The SMILES string of the molecule is N#CC1(C(=O)NCCNC(N)=O)CCC1. The Morgan fingerprint density at radius 3 is 2.33 bits per heavy atom. The molecular formula is C9H14N4O2. The first-order valence-corrected chi connectivity index (χ1v) is 4.83. The third-order valence-corrected chi connectivity index (χ3v) is 2.57. The summed E-state index contributed by atoms with van der Waals surface area (Å²) in [5.74, 6) is -0.248. The second-order valence-corrected chi connectivity index (χ2v) is 3.59. The Balaban J connectivity index is 2.25. The minimum Gasteiger partial charge on any atom is -0.353 e. The summed E-state index contributed by atoms with van der Waals surface area (Å²) in [6.45, 7) is 0.577. The highest BCUT2D eigenvalue weighted by molar-refractivity contribution is 5.86. The van der Waals surface area contributed by atoms with Gasteiger partial charge >= 0.3 is 6.03 Å². The van der Waals surface area contributed by atoms with Crippen molar-refractivity contribution in [3.63, 3.8) is 0 Å². The number of urea groups is 1. The van der Waals surface area contributed by atoms with E-state index < -0.39 is 11.4 Å². The van der Waals surface area contributed by atoms with Gasteiger partial charge in [-0.15, -0.1) is 0 Å². The molecule has 0 unspecified atom stereocenters. The highest BCUT2D eigenvalue weighted by Gasteiger charge is 2.44. The predicted molar refractivity (Wildman–Crippen MR) is 52.5 cm³/mol. The van der Waals surface area contributed by atoms with Gasteiger partial charge in [-0.3, -0.25) is 4.79 Å². The average molecular weight is 210 g/mol. The number of nitrogens with one attached hydrogen (secondary N) is 2. The van der Waals surface area contributed by atoms with Crippen LogP contribution in [0, 0.1) is 16.7 Å². The van der Waals surface area contributed by atoms with E-state index in [4.69, 9.17) is 11.0 Å². The molecule has 0 bridgehead atoms. The maximum atomic E-state index is 11.5. The monoisotopic (exact) mass is 210 g/mol. The van der Waals surface area contributed by atoms with Crippen LogP contribution in [0.3, 0.4) is 0 Å². The molecule has 6 nitrogen and oxygen atoms in total. The number of rotatable bonds is 4. The van der Waals surface area contributed by atoms with Crippen LogP contribution >= 0.6 is 0 Å². The van der Waals surface area contributed by atoms with Crippen molar-refractivity contribution >= 4 is 11.9 Å². The van der Waals surface area contributed by atoms with Crippen molar-refractivity contribution in [2.45, 2.75) is 19.3 Å². The summed E-state index contributed by atoms with van der Waals surface area (Å²) in [5, 5.41) is 13.8. The normalized spacial score (nSPS) is 17.0. The Morgan fingerprint density at radius 1 is 1.33 bits per heavy atom. The van der Waals surface area contributed by atoms with Gasteiger partial charge < -0.3 is 16.4 Å². The Labute approximate surface area is 87.8 Å². The van der Waals surface area contributed by atoms with Gasteiger partial charge in [-0.1, -0.05) is 0 Å². The number of amides is 3. The minimum absolute atomic E-state index is 0.248. The fraction of sp³-hybridized carbons (Fsp3) is 0.667. The number of nitrogens with two attached hydrogens (primary N) is 1. The fourth-order valence-corrected chi connectivity index (χ4v) is 1.45. The number of hydrogen-bond donors (Lipinski definition) is 3. The molecular weight excluding hydrogens is 196 g/mol. The molecule has 6 heteroatoms. The van der Waals surface area contributed by atoms with E-state index in [1.54, 1.807) is 0 Å². The molecule has 0 heterocycles. The third kappa shape index (κ3) is 2.59. The van der Waals surface area contributed by atoms with Gasteiger partial charge in [-0.25, -0.2) is 4.79 Å². The number of nitrogens with zero attached hydrogens (tertiary/aromatic N) is 1. The Morgan fingerprint density at radius 2 is 1.93 bits per heavy atom. The summed E-state index contributed by atoms with van der Waals surface area (Å²) >= 11 is 0.